The summed E-state index contributed by atoms with van der Waals surface area (Å²) in [7, 11) is 0. The topological polar surface area (TPSA) is 84.2 Å². The van der Waals surface area contributed by atoms with Gasteiger partial charge in [0.05, 0.1) is 5.52 Å². The lowest BCUT2D eigenvalue weighted by molar-refractivity contribution is 0.0951. The Labute approximate surface area is 155 Å². The zero-order valence-corrected chi connectivity index (χ0v) is 15.1. The van der Waals surface area contributed by atoms with E-state index in [-0.39, 0.29) is 16.9 Å². The third-order valence-corrected chi connectivity index (χ3v) is 4.34. The van der Waals surface area contributed by atoms with Crippen LogP contribution < -0.4 is 10.9 Å². The molecule has 0 fully saturated rings. The number of halogens is 1. The number of aromatic hydroxyl groups is 1. The lowest BCUT2D eigenvalue weighted by Gasteiger charge is -2.14. The molecule has 0 bridgehead atoms. The molecule has 3 rings (SSSR count). The fourth-order valence-electron chi connectivity index (χ4n) is 3.05. The van der Waals surface area contributed by atoms with Crippen LogP contribution >= 0.6 is 0 Å². The summed E-state index contributed by atoms with van der Waals surface area (Å²) in [5.41, 5.74) is 1.49. The summed E-state index contributed by atoms with van der Waals surface area (Å²) in [4.78, 5) is 29.2. The van der Waals surface area contributed by atoms with Gasteiger partial charge in [0.25, 0.3) is 11.5 Å². The predicted octanol–water partition coefficient (Wildman–Crippen LogP) is 2.60. The van der Waals surface area contributed by atoms with Crippen LogP contribution in [0.4, 0.5) is 4.39 Å². The van der Waals surface area contributed by atoms with Crippen molar-refractivity contribution in [2.75, 3.05) is 6.54 Å². The van der Waals surface area contributed by atoms with E-state index in [1.807, 2.05) is 0 Å². The number of benzene rings is 1. The highest BCUT2D eigenvalue weighted by atomic mass is 19.1. The SMILES string of the molecule is CCNC(=O)c1c(O)c2ncc(Cc3ccc(F)cc3)cc2n(CC)c1=O. The fourth-order valence-corrected chi connectivity index (χ4v) is 3.05. The van der Waals surface area contributed by atoms with Crippen LogP contribution in [0.1, 0.15) is 35.3 Å². The van der Waals surface area contributed by atoms with Gasteiger partial charge < -0.3 is 15.0 Å². The van der Waals surface area contributed by atoms with Crippen molar-refractivity contribution >= 4 is 16.9 Å². The Balaban J connectivity index is 2.13. The molecule has 0 aliphatic carbocycles. The summed E-state index contributed by atoms with van der Waals surface area (Å²) in [6, 6.07) is 7.90. The number of aryl methyl sites for hydroxylation is 1. The molecule has 2 aromatic heterocycles. The van der Waals surface area contributed by atoms with E-state index in [0.717, 1.165) is 11.1 Å². The van der Waals surface area contributed by atoms with Gasteiger partial charge in [-0.25, -0.2) is 4.39 Å². The summed E-state index contributed by atoms with van der Waals surface area (Å²) >= 11 is 0. The average Bonchev–Trinajstić information content (AvgIpc) is 2.64. The van der Waals surface area contributed by atoms with E-state index >= 15 is 0 Å². The summed E-state index contributed by atoms with van der Waals surface area (Å²) in [5.74, 6) is -1.35. The highest BCUT2D eigenvalue weighted by molar-refractivity contribution is 6.01. The van der Waals surface area contributed by atoms with Crippen molar-refractivity contribution in [1.29, 1.82) is 0 Å². The normalized spacial score (nSPS) is 10.9. The number of nitrogens with zero attached hydrogens (tertiary/aromatic N) is 2. The van der Waals surface area contributed by atoms with Crippen LogP contribution in [0, 0.1) is 5.82 Å². The summed E-state index contributed by atoms with van der Waals surface area (Å²) in [5, 5.41) is 13.0. The largest absolute Gasteiger partial charge is 0.505 e. The Kier molecular flexibility index (Phi) is 5.21. The van der Waals surface area contributed by atoms with E-state index in [1.165, 1.54) is 16.7 Å². The molecule has 0 aliphatic rings. The molecule has 0 saturated heterocycles. The Hall–Kier alpha value is -3.22. The molecule has 0 saturated carbocycles. The minimum atomic E-state index is -0.624. The Morgan fingerprint density at radius 3 is 2.56 bits per heavy atom. The van der Waals surface area contributed by atoms with E-state index < -0.39 is 17.2 Å². The molecule has 0 spiro atoms. The second-order valence-corrected chi connectivity index (χ2v) is 6.15. The van der Waals surface area contributed by atoms with Crippen LogP contribution in [0.15, 0.2) is 41.3 Å². The number of hydrogen-bond donors (Lipinski definition) is 2. The molecule has 1 amide bonds. The van der Waals surface area contributed by atoms with E-state index in [9.17, 15) is 19.1 Å². The number of amides is 1. The zero-order valence-electron chi connectivity index (χ0n) is 15.1. The van der Waals surface area contributed by atoms with Crippen molar-refractivity contribution in [2.45, 2.75) is 26.8 Å². The molecule has 6 nitrogen and oxygen atoms in total. The molecule has 2 N–H and O–H groups in total. The predicted molar refractivity (Wildman–Crippen MR) is 101 cm³/mol. The van der Waals surface area contributed by atoms with Crippen molar-refractivity contribution in [2.24, 2.45) is 0 Å². The number of hydrogen-bond acceptors (Lipinski definition) is 4. The molecule has 0 unspecified atom stereocenters. The number of carbonyl (C=O) groups is 1. The lowest BCUT2D eigenvalue weighted by Crippen LogP contribution is -2.33. The van der Waals surface area contributed by atoms with Crippen LogP contribution in [-0.2, 0) is 13.0 Å². The van der Waals surface area contributed by atoms with E-state index in [2.05, 4.69) is 10.3 Å². The number of carbonyl (C=O) groups excluding carboxylic acids is 1. The van der Waals surface area contributed by atoms with Crippen molar-refractivity contribution in [3.05, 3.63) is 69.4 Å². The summed E-state index contributed by atoms with van der Waals surface area (Å²) < 4.78 is 14.5. The molecule has 0 atom stereocenters. The van der Waals surface area contributed by atoms with Gasteiger partial charge in [-0.2, -0.15) is 0 Å². The second kappa shape index (κ2) is 7.57. The molecule has 1 aromatic carbocycles. The van der Waals surface area contributed by atoms with Gasteiger partial charge in [-0.15, -0.1) is 0 Å². The third kappa shape index (κ3) is 3.53. The van der Waals surface area contributed by atoms with Gasteiger partial charge in [0.1, 0.15) is 16.9 Å². The first-order valence-electron chi connectivity index (χ1n) is 8.73. The molecule has 7 heteroatoms. The van der Waals surface area contributed by atoms with Gasteiger partial charge in [0.2, 0.25) is 0 Å². The maximum absolute atomic E-state index is 13.1. The molecule has 27 heavy (non-hydrogen) atoms. The molecular formula is C20H20FN3O3. The Morgan fingerprint density at radius 1 is 1.22 bits per heavy atom. The van der Waals surface area contributed by atoms with Gasteiger partial charge in [-0.05, 0) is 49.6 Å². The first-order chi connectivity index (χ1) is 13.0. The highest BCUT2D eigenvalue weighted by Gasteiger charge is 2.22. The van der Waals surface area contributed by atoms with Crippen LogP contribution in [0.3, 0.4) is 0 Å². The molecule has 140 valence electrons. The van der Waals surface area contributed by atoms with Crippen LogP contribution in [0.5, 0.6) is 5.75 Å². The first kappa shape index (κ1) is 18.6. The quantitative estimate of drug-likeness (QED) is 0.724. The third-order valence-electron chi connectivity index (χ3n) is 4.34. The van der Waals surface area contributed by atoms with Gasteiger partial charge in [0, 0.05) is 19.3 Å². The van der Waals surface area contributed by atoms with E-state index in [1.54, 1.807) is 38.2 Å². The van der Waals surface area contributed by atoms with Gasteiger partial charge >= 0.3 is 0 Å². The minimum absolute atomic E-state index is 0.195. The first-order valence-corrected chi connectivity index (χ1v) is 8.73. The van der Waals surface area contributed by atoms with Crippen molar-refractivity contribution < 1.29 is 14.3 Å². The molecule has 2 heterocycles. The van der Waals surface area contributed by atoms with E-state index in [4.69, 9.17) is 0 Å². The van der Waals surface area contributed by atoms with E-state index in [0.29, 0.717) is 25.0 Å². The fraction of sp³-hybridized carbons (Fsp3) is 0.250. The maximum atomic E-state index is 13.1. The number of aromatic nitrogens is 2. The highest BCUT2D eigenvalue weighted by Crippen LogP contribution is 2.26. The molecule has 0 radical (unpaired) electrons. The molecule has 3 aromatic rings. The lowest BCUT2D eigenvalue weighted by atomic mass is 10.1. The van der Waals surface area contributed by atoms with Crippen molar-refractivity contribution in [3.63, 3.8) is 0 Å². The number of nitrogens with one attached hydrogen (secondary N) is 1. The average molecular weight is 369 g/mol. The van der Waals surface area contributed by atoms with Gasteiger partial charge in [-0.3, -0.25) is 14.6 Å². The Morgan fingerprint density at radius 2 is 1.93 bits per heavy atom. The Bertz CT molecular complexity index is 1060. The van der Waals surface area contributed by atoms with Crippen molar-refractivity contribution in [1.82, 2.24) is 14.9 Å². The summed E-state index contributed by atoms with van der Waals surface area (Å²) in [6.45, 7) is 4.18. The van der Waals surface area contributed by atoms with Gasteiger partial charge in [0.15, 0.2) is 5.75 Å². The minimum Gasteiger partial charge on any atom is -0.505 e. The smallest absolute Gasteiger partial charge is 0.267 e. The second-order valence-electron chi connectivity index (χ2n) is 6.15. The van der Waals surface area contributed by atoms with Crippen molar-refractivity contribution in [3.8, 4) is 5.75 Å². The molecule has 0 aliphatic heterocycles. The molecular weight excluding hydrogens is 349 g/mol. The summed E-state index contributed by atoms with van der Waals surface area (Å²) in [6.07, 6.45) is 2.08. The number of rotatable bonds is 5. The van der Waals surface area contributed by atoms with Gasteiger partial charge in [-0.1, -0.05) is 12.1 Å². The monoisotopic (exact) mass is 369 g/mol. The van der Waals surface area contributed by atoms with Crippen LogP contribution in [0.2, 0.25) is 0 Å². The standard InChI is InChI=1S/C20H20FN3O3/c1-3-22-19(26)16-18(25)17-15(24(4-2)20(16)27)10-13(11-23-17)9-12-5-7-14(21)8-6-12/h5-8,10-11,25H,3-4,9H2,1-2H3,(H,22,26). The zero-order chi connectivity index (χ0) is 19.6. The maximum Gasteiger partial charge on any atom is 0.267 e. The number of pyridine rings is 2. The van der Waals surface area contributed by atoms with Crippen LogP contribution in [-0.4, -0.2) is 27.1 Å². The number of fused-ring (bicyclic) bond motifs is 1. The van der Waals surface area contributed by atoms with Crippen LogP contribution in [0.25, 0.3) is 11.0 Å².